The number of aryl methyl sites for hydroxylation is 1. The molecule has 0 aliphatic carbocycles. The Kier molecular flexibility index (Phi) is 3.40. The lowest BCUT2D eigenvalue weighted by Crippen LogP contribution is -2.02. The summed E-state index contributed by atoms with van der Waals surface area (Å²) in [5.74, 6) is 0. The maximum absolute atomic E-state index is 11.8. The molecule has 3 nitrogen and oxygen atoms in total. The first-order chi connectivity index (χ1) is 8.20. The van der Waals surface area contributed by atoms with E-state index < -0.39 is 0 Å². The number of aliphatic hydroxyl groups excluding tert-OH is 1. The number of aromatic nitrogens is 1. The summed E-state index contributed by atoms with van der Waals surface area (Å²) in [6, 6.07) is 7.32. The van der Waals surface area contributed by atoms with Gasteiger partial charge in [-0.05, 0) is 31.0 Å². The zero-order valence-corrected chi connectivity index (χ0v) is 9.73. The van der Waals surface area contributed by atoms with Gasteiger partial charge in [-0.1, -0.05) is 18.2 Å². The summed E-state index contributed by atoms with van der Waals surface area (Å²) in [5, 5.41) is 9.38. The Labute approximate surface area is 99.4 Å². The number of aliphatic hydroxyl groups is 1. The fourth-order valence-electron chi connectivity index (χ4n) is 1.80. The van der Waals surface area contributed by atoms with Crippen molar-refractivity contribution >= 4 is 17.0 Å². The first-order valence-electron chi connectivity index (χ1n) is 5.62. The molecule has 0 amide bonds. The standard InChI is InChI=1S/C14H15NO2/c1-10-8-14(17)12-9-11(4-2-3-7-16)5-6-13(12)15-10/h2,4-6,8-9,16H,3,7H2,1H3,(H,15,17). The van der Waals surface area contributed by atoms with Gasteiger partial charge in [0.25, 0.3) is 0 Å². The Morgan fingerprint density at radius 1 is 1.35 bits per heavy atom. The van der Waals surface area contributed by atoms with Crippen LogP contribution in [0.3, 0.4) is 0 Å². The topological polar surface area (TPSA) is 53.1 Å². The van der Waals surface area contributed by atoms with Crippen molar-refractivity contribution in [1.82, 2.24) is 4.98 Å². The second-order valence-corrected chi connectivity index (χ2v) is 4.04. The number of hydrogen-bond acceptors (Lipinski definition) is 2. The van der Waals surface area contributed by atoms with E-state index in [1.165, 1.54) is 0 Å². The molecule has 0 saturated heterocycles. The van der Waals surface area contributed by atoms with Crippen LogP contribution in [0.5, 0.6) is 0 Å². The second kappa shape index (κ2) is 4.97. The van der Waals surface area contributed by atoms with E-state index >= 15 is 0 Å². The van der Waals surface area contributed by atoms with Crippen LogP contribution in [0.4, 0.5) is 0 Å². The van der Waals surface area contributed by atoms with Crippen LogP contribution < -0.4 is 5.43 Å². The third-order valence-corrected chi connectivity index (χ3v) is 2.59. The monoisotopic (exact) mass is 229 g/mol. The Morgan fingerprint density at radius 2 is 2.18 bits per heavy atom. The van der Waals surface area contributed by atoms with Crippen LogP contribution in [0.25, 0.3) is 17.0 Å². The van der Waals surface area contributed by atoms with Crippen LogP contribution in [0, 0.1) is 6.92 Å². The van der Waals surface area contributed by atoms with Crippen LogP contribution >= 0.6 is 0 Å². The number of aromatic amines is 1. The fraction of sp³-hybridized carbons (Fsp3) is 0.214. The Bertz CT molecular complexity index is 611. The SMILES string of the molecule is Cc1cc(=O)c2cc(C=CCCO)ccc2[nH]1. The molecule has 0 aliphatic rings. The van der Waals surface area contributed by atoms with Gasteiger partial charge in [0, 0.05) is 29.3 Å². The molecule has 0 spiro atoms. The summed E-state index contributed by atoms with van der Waals surface area (Å²) < 4.78 is 0. The molecule has 0 unspecified atom stereocenters. The summed E-state index contributed by atoms with van der Waals surface area (Å²) in [5.41, 5.74) is 2.73. The van der Waals surface area contributed by atoms with E-state index in [2.05, 4.69) is 4.98 Å². The molecule has 0 aliphatic heterocycles. The van der Waals surface area contributed by atoms with E-state index in [1.54, 1.807) is 6.07 Å². The van der Waals surface area contributed by atoms with Gasteiger partial charge in [0.2, 0.25) is 0 Å². The highest BCUT2D eigenvalue weighted by atomic mass is 16.2. The van der Waals surface area contributed by atoms with E-state index in [1.807, 2.05) is 37.3 Å². The fourth-order valence-corrected chi connectivity index (χ4v) is 1.80. The summed E-state index contributed by atoms with van der Waals surface area (Å²) in [7, 11) is 0. The highest BCUT2D eigenvalue weighted by molar-refractivity contribution is 5.81. The highest BCUT2D eigenvalue weighted by Crippen LogP contribution is 2.12. The molecule has 17 heavy (non-hydrogen) atoms. The van der Waals surface area contributed by atoms with Crippen LogP contribution in [0.15, 0.2) is 35.1 Å². The van der Waals surface area contributed by atoms with Gasteiger partial charge in [-0.3, -0.25) is 4.79 Å². The van der Waals surface area contributed by atoms with Gasteiger partial charge in [0.1, 0.15) is 0 Å². The van der Waals surface area contributed by atoms with E-state index in [0.29, 0.717) is 11.8 Å². The minimum absolute atomic E-state index is 0.0358. The largest absolute Gasteiger partial charge is 0.396 e. The maximum atomic E-state index is 11.8. The Hall–Kier alpha value is -1.87. The number of benzene rings is 1. The maximum Gasteiger partial charge on any atom is 0.189 e. The number of nitrogens with one attached hydrogen (secondary N) is 1. The van der Waals surface area contributed by atoms with Gasteiger partial charge in [-0.25, -0.2) is 0 Å². The molecule has 2 rings (SSSR count). The summed E-state index contributed by atoms with van der Waals surface area (Å²) >= 11 is 0. The first-order valence-corrected chi connectivity index (χ1v) is 5.62. The van der Waals surface area contributed by atoms with Gasteiger partial charge in [0.05, 0.1) is 0 Å². The Balaban J connectivity index is 2.47. The van der Waals surface area contributed by atoms with Crippen molar-refractivity contribution in [2.24, 2.45) is 0 Å². The van der Waals surface area contributed by atoms with Crippen molar-refractivity contribution in [3.63, 3.8) is 0 Å². The predicted octanol–water partition coefficient (Wildman–Crippen LogP) is 2.23. The number of H-pyrrole nitrogens is 1. The molecule has 0 radical (unpaired) electrons. The van der Waals surface area contributed by atoms with Crippen LogP contribution in [0.2, 0.25) is 0 Å². The van der Waals surface area contributed by atoms with Gasteiger partial charge in [0.15, 0.2) is 5.43 Å². The molecular formula is C14H15NO2. The van der Waals surface area contributed by atoms with Crippen molar-refractivity contribution in [3.8, 4) is 0 Å². The van der Waals surface area contributed by atoms with E-state index in [4.69, 9.17) is 5.11 Å². The van der Waals surface area contributed by atoms with Crippen molar-refractivity contribution in [1.29, 1.82) is 0 Å². The minimum Gasteiger partial charge on any atom is -0.396 e. The summed E-state index contributed by atoms with van der Waals surface area (Å²) in [6.45, 7) is 2.01. The lowest BCUT2D eigenvalue weighted by atomic mass is 10.1. The third kappa shape index (κ3) is 2.63. The van der Waals surface area contributed by atoms with Gasteiger partial charge in [-0.2, -0.15) is 0 Å². The minimum atomic E-state index is 0.0358. The van der Waals surface area contributed by atoms with Crippen molar-refractivity contribution in [2.45, 2.75) is 13.3 Å². The van der Waals surface area contributed by atoms with Crippen molar-refractivity contribution in [2.75, 3.05) is 6.61 Å². The molecule has 1 aromatic heterocycles. The van der Waals surface area contributed by atoms with Crippen LogP contribution in [-0.2, 0) is 0 Å². The van der Waals surface area contributed by atoms with E-state index in [9.17, 15) is 4.79 Å². The highest BCUT2D eigenvalue weighted by Gasteiger charge is 2.00. The number of rotatable bonds is 3. The number of fused-ring (bicyclic) bond motifs is 1. The Morgan fingerprint density at radius 3 is 2.94 bits per heavy atom. The van der Waals surface area contributed by atoms with Gasteiger partial charge >= 0.3 is 0 Å². The molecule has 0 saturated carbocycles. The van der Waals surface area contributed by atoms with Crippen molar-refractivity contribution in [3.05, 3.63) is 51.8 Å². The quantitative estimate of drug-likeness (QED) is 0.848. The molecule has 3 heteroatoms. The predicted molar refractivity (Wildman–Crippen MR) is 70.0 cm³/mol. The van der Waals surface area contributed by atoms with Gasteiger partial charge < -0.3 is 10.1 Å². The molecule has 1 aromatic carbocycles. The van der Waals surface area contributed by atoms with E-state index in [-0.39, 0.29) is 12.0 Å². The lowest BCUT2D eigenvalue weighted by Gasteiger charge is -2.01. The lowest BCUT2D eigenvalue weighted by molar-refractivity contribution is 0.303. The molecule has 0 bridgehead atoms. The normalized spacial score (nSPS) is 11.4. The molecule has 88 valence electrons. The van der Waals surface area contributed by atoms with Gasteiger partial charge in [-0.15, -0.1) is 0 Å². The first kappa shape index (κ1) is 11.6. The van der Waals surface area contributed by atoms with Crippen LogP contribution in [-0.4, -0.2) is 16.7 Å². The summed E-state index contributed by atoms with van der Waals surface area (Å²) in [6.07, 6.45) is 4.43. The van der Waals surface area contributed by atoms with Crippen LogP contribution in [0.1, 0.15) is 17.7 Å². The van der Waals surface area contributed by atoms with Crippen molar-refractivity contribution < 1.29 is 5.11 Å². The molecule has 2 N–H and O–H groups in total. The zero-order chi connectivity index (χ0) is 12.3. The zero-order valence-electron chi connectivity index (χ0n) is 9.73. The average Bonchev–Trinajstić information content (AvgIpc) is 2.30. The smallest absolute Gasteiger partial charge is 0.189 e. The number of pyridine rings is 1. The molecular weight excluding hydrogens is 214 g/mol. The molecule has 2 aromatic rings. The molecule has 0 atom stereocenters. The van der Waals surface area contributed by atoms with E-state index in [0.717, 1.165) is 16.8 Å². The number of hydrogen-bond donors (Lipinski definition) is 2. The average molecular weight is 229 g/mol. The molecule has 0 fully saturated rings. The molecule has 1 heterocycles. The summed E-state index contributed by atoms with van der Waals surface area (Å²) in [4.78, 5) is 15.0. The second-order valence-electron chi connectivity index (χ2n) is 4.04. The third-order valence-electron chi connectivity index (χ3n) is 2.59.